The number of aliphatic hydroxyl groups excluding tert-OH is 6. The van der Waals surface area contributed by atoms with Crippen LogP contribution in [-0.2, 0) is 14.2 Å². The quantitative estimate of drug-likeness (QED) is 0.151. The summed E-state index contributed by atoms with van der Waals surface area (Å²) < 4.78 is 17.2. The van der Waals surface area contributed by atoms with Gasteiger partial charge in [0.1, 0.15) is 42.7 Å². The molecule has 0 amide bonds. The molecule has 2 rings (SSSR count). The van der Waals surface area contributed by atoms with Crippen LogP contribution in [0.4, 0.5) is 0 Å². The predicted molar refractivity (Wildman–Crippen MR) is 110 cm³/mol. The molecule has 2 saturated heterocycles. The second-order valence-corrected chi connectivity index (χ2v) is 8.15. The van der Waals surface area contributed by atoms with E-state index in [1.165, 1.54) is 18.2 Å². The van der Waals surface area contributed by atoms with Gasteiger partial charge in [-0.25, -0.2) is 0 Å². The topological polar surface area (TPSA) is 190 Å². The largest absolute Gasteiger partial charge is 0.394 e. The molecule has 1 unspecified atom stereocenters. The van der Waals surface area contributed by atoms with Crippen molar-refractivity contribution >= 4 is 0 Å². The van der Waals surface area contributed by atoms with E-state index >= 15 is 0 Å². The minimum atomic E-state index is -2.51. The molecule has 0 aromatic heterocycles. The summed E-state index contributed by atoms with van der Waals surface area (Å²) in [6, 6.07) is 0. The minimum Gasteiger partial charge on any atom is -0.394 e. The van der Waals surface area contributed by atoms with Gasteiger partial charge >= 0.3 is 0 Å². The molecule has 0 saturated carbocycles. The Morgan fingerprint density at radius 2 is 1.34 bits per heavy atom. The molecule has 9 atom stereocenters. The van der Waals surface area contributed by atoms with E-state index in [-0.39, 0.29) is 6.42 Å². The minimum absolute atomic E-state index is 0.377. The molecule has 2 heterocycles. The molecular weight excluding hydrogens is 428 g/mol. The molecule has 8 N–H and O–H groups in total. The van der Waals surface area contributed by atoms with E-state index in [1.54, 1.807) is 0 Å². The van der Waals surface area contributed by atoms with Gasteiger partial charge in [-0.05, 0) is 6.42 Å². The van der Waals surface area contributed by atoms with Crippen molar-refractivity contribution in [2.75, 3.05) is 19.8 Å². The first-order valence-electron chi connectivity index (χ1n) is 10.2. The number of ether oxygens (including phenoxy) is 3. The maximum atomic E-state index is 11.9. The van der Waals surface area contributed by atoms with E-state index < -0.39 is 86.0 Å². The summed E-state index contributed by atoms with van der Waals surface area (Å²) in [5, 5.41) is 84.3. The van der Waals surface area contributed by atoms with E-state index in [0.29, 0.717) is 0 Å². The Bertz CT molecular complexity index is 689. The Hall–Kier alpha value is -1.22. The van der Waals surface area contributed by atoms with E-state index in [0.717, 1.165) is 0 Å². The van der Waals surface area contributed by atoms with Gasteiger partial charge in [-0.3, -0.25) is 0 Å². The lowest BCUT2D eigenvalue weighted by atomic mass is 9.65. The van der Waals surface area contributed by atoms with Gasteiger partial charge in [0.25, 0.3) is 0 Å². The molecular formula is C21H34O11. The zero-order chi connectivity index (χ0) is 24.4. The normalized spacial score (nSPS) is 46.7. The monoisotopic (exact) mass is 462 g/mol. The van der Waals surface area contributed by atoms with Crippen LogP contribution in [0.1, 0.15) is 19.3 Å². The molecule has 0 aliphatic carbocycles. The third-order valence-electron chi connectivity index (χ3n) is 6.26. The van der Waals surface area contributed by atoms with E-state index in [2.05, 4.69) is 19.7 Å². The van der Waals surface area contributed by atoms with Crippen molar-refractivity contribution in [1.29, 1.82) is 0 Å². The third kappa shape index (κ3) is 3.87. The fraction of sp³-hybridized carbons (Fsp3) is 0.714. The van der Waals surface area contributed by atoms with Crippen molar-refractivity contribution in [1.82, 2.24) is 0 Å². The summed E-state index contributed by atoms with van der Waals surface area (Å²) in [5.74, 6) is -4.80. The van der Waals surface area contributed by atoms with Crippen molar-refractivity contribution in [3.63, 3.8) is 0 Å². The summed E-state index contributed by atoms with van der Waals surface area (Å²) in [7, 11) is 0. The highest BCUT2D eigenvalue weighted by Gasteiger charge is 2.73. The lowest BCUT2D eigenvalue weighted by Gasteiger charge is -2.61. The van der Waals surface area contributed by atoms with Gasteiger partial charge < -0.3 is 55.1 Å². The second kappa shape index (κ2) is 9.95. The van der Waals surface area contributed by atoms with Crippen molar-refractivity contribution in [3.05, 3.63) is 38.0 Å². The summed E-state index contributed by atoms with van der Waals surface area (Å²) in [5.41, 5.74) is -4.92. The van der Waals surface area contributed by atoms with Crippen molar-refractivity contribution in [3.8, 4) is 0 Å². The standard InChI is InChI=1S/C21H34O11/c1-4-7-18(28)16(26)14(11-23)31-21(9-6-3,20(18,29)8-5-2)32-19(12-24)17(27)15(25)13(10-22)30-19/h4-6,13-17,22-29H,1-3,7-12H2/t13-,14-,15-,16-,17+,18+,19?,20-,21+/m1/s1. The van der Waals surface area contributed by atoms with Gasteiger partial charge in [0.15, 0.2) is 5.60 Å². The highest BCUT2D eigenvalue weighted by molar-refractivity contribution is 5.21. The molecule has 0 radical (unpaired) electrons. The average molecular weight is 462 g/mol. The molecule has 2 aliphatic rings. The fourth-order valence-electron chi connectivity index (χ4n) is 4.56. The average Bonchev–Trinajstić information content (AvgIpc) is 3.01. The zero-order valence-corrected chi connectivity index (χ0v) is 17.8. The van der Waals surface area contributed by atoms with E-state index in [4.69, 9.17) is 14.2 Å². The van der Waals surface area contributed by atoms with Crippen LogP contribution in [0.5, 0.6) is 0 Å². The Labute approximate surface area is 186 Å². The summed E-state index contributed by atoms with van der Waals surface area (Å²) in [6.07, 6.45) is -5.70. The first kappa shape index (κ1) is 27.0. The molecule has 0 aromatic rings. The van der Waals surface area contributed by atoms with Crippen LogP contribution in [0.15, 0.2) is 38.0 Å². The molecule has 2 fully saturated rings. The Morgan fingerprint density at radius 1 is 0.781 bits per heavy atom. The number of hydrogen-bond donors (Lipinski definition) is 8. The van der Waals surface area contributed by atoms with Crippen LogP contribution in [0.3, 0.4) is 0 Å². The van der Waals surface area contributed by atoms with Crippen LogP contribution < -0.4 is 0 Å². The van der Waals surface area contributed by atoms with E-state index in [9.17, 15) is 40.9 Å². The van der Waals surface area contributed by atoms with Crippen molar-refractivity contribution in [2.24, 2.45) is 0 Å². The number of rotatable bonds is 11. The van der Waals surface area contributed by atoms with Gasteiger partial charge in [0, 0.05) is 12.8 Å². The highest BCUT2D eigenvalue weighted by Crippen LogP contribution is 2.53. The molecule has 11 nitrogen and oxygen atoms in total. The number of aliphatic hydroxyl groups is 8. The van der Waals surface area contributed by atoms with Gasteiger partial charge in [0.05, 0.1) is 13.2 Å². The molecule has 0 spiro atoms. The van der Waals surface area contributed by atoms with Crippen LogP contribution in [0.25, 0.3) is 0 Å². The Balaban J connectivity index is 2.74. The lowest BCUT2D eigenvalue weighted by Crippen LogP contribution is -2.81. The van der Waals surface area contributed by atoms with Gasteiger partial charge in [-0.1, -0.05) is 18.2 Å². The SMILES string of the molecule is C=CC[C@@]1(OC2(CO)O[C@H](CO)[C@@H](O)[C@@H]2O)O[C@H](CO)[C@@H](O)[C@@](O)(CC=C)[C@]1(O)CC=C. The molecule has 0 aromatic carbocycles. The summed E-state index contributed by atoms with van der Waals surface area (Å²) in [6.45, 7) is 8.13. The zero-order valence-electron chi connectivity index (χ0n) is 17.8. The van der Waals surface area contributed by atoms with Crippen molar-refractivity contribution in [2.45, 2.75) is 72.6 Å². The van der Waals surface area contributed by atoms with Crippen LogP contribution >= 0.6 is 0 Å². The maximum absolute atomic E-state index is 11.9. The Kier molecular flexibility index (Phi) is 8.41. The maximum Gasteiger partial charge on any atom is 0.224 e. The smallest absolute Gasteiger partial charge is 0.224 e. The molecule has 32 heavy (non-hydrogen) atoms. The van der Waals surface area contributed by atoms with Gasteiger partial charge in [-0.15, -0.1) is 19.7 Å². The lowest BCUT2D eigenvalue weighted by molar-refractivity contribution is -0.472. The first-order chi connectivity index (χ1) is 15.0. The summed E-state index contributed by atoms with van der Waals surface area (Å²) in [4.78, 5) is 0. The van der Waals surface area contributed by atoms with Crippen LogP contribution in [0, 0.1) is 0 Å². The summed E-state index contributed by atoms with van der Waals surface area (Å²) >= 11 is 0. The van der Waals surface area contributed by atoms with Gasteiger partial charge in [-0.2, -0.15) is 0 Å². The molecule has 0 bridgehead atoms. The predicted octanol–water partition coefficient (Wildman–Crippen LogP) is -2.56. The first-order valence-corrected chi connectivity index (χ1v) is 10.2. The molecule has 2 aliphatic heterocycles. The number of hydrogen-bond acceptors (Lipinski definition) is 11. The van der Waals surface area contributed by atoms with Crippen LogP contribution in [-0.4, -0.2) is 114 Å². The molecule has 184 valence electrons. The second-order valence-electron chi connectivity index (χ2n) is 8.15. The van der Waals surface area contributed by atoms with E-state index in [1.807, 2.05) is 0 Å². The van der Waals surface area contributed by atoms with Crippen LogP contribution in [0.2, 0.25) is 0 Å². The fourth-order valence-corrected chi connectivity index (χ4v) is 4.56. The van der Waals surface area contributed by atoms with Crippen molar-refractivity contribution < 1.29 is 55.1 Å². The molecule has 11 heteroatoms. The highest BCUT2D eigenvalue weighted by atomic mass is 16.8. The Morgan fingerprint density at radius 3 is 1.78 bits per heavy atom. The third-order valence-corrected chi connectivity index (χ3v) is 6.26. The van der Waals surface area contributed by atoms with Gasteiger partial charge in [0.2, 0.25) is 11.6 Å².